The Morgan fingerprint density at radius 3 is 2.57 bits per heavy atom. The van der Waals surface area contributed by atoms with Gasteiger partial charge in [-0.1, -0.05) is 0 Å². The average molecular weight is 312 g/mol. The number of amides is 1. The molecule has 0 bridgehead atoms. The van der Waals surface area contributed by atoms with Crippen LogP contribution in [-0.2, 0) is 11.3 Å². The molecule has 5 nitrogen and oxygen atoms in total. The van der Waals surface area contributed by atoms with Crippen LogP contribution in [0.25, 0.3) is 0 Å². The first-order valence-electron chi connectivity index (χ1n) is 8.04. The van der Waals surface area contributed by atoms with Crippen molar-refractivity contribution in [2.45, 2.75) is 25.8 Å². The van der Waals surface area contributed by atoms with Crippen molar-refractivity contribution in [3.8, 4) is 5.75 Å². The number of rotatable bonds is 4. The van der Waals surface area contributed by atoms with Crippen molar-refractivity contribution in [3.63, 3.8) is 0 Å². The van der Waals surface area contributed by atoms with Crippen molar-refractivity contribution in [3.05, 3.63) is 48.8 Å². The molecule has 120 valence electrons. The number of pyridine rings is 1. The number of carbonyl (C=O) groups is 1. The predicted octanol–water partition coefficient (Wildman–Crippen LogP) is 2.31. The topological polar surface area (TPSA) is 56.5 Å². The van der Waals surface area contributed by atoms with Gasteiger partial charge in [-0.25, -0.2) is 0 Å². The van der Waals surface area contributed by atoms with Crippen molar-refractivity contribution < 1.29 is 14.5 Å². The zero-order chi connectivity index (χ0) is 16.1. The van der Waals surface area contributed by atoms with E-state index in [9.17, 15) is 9.90 Å². The number of aromatic nitrogens is 1. The van der Waals surface area contributed by atoms with Crippen molar-refractivity contribution in [1.82, 2.24) is 0 Å². The molecule has 2 heterocycles. The Bertz CT molecular complexity index is 664. The van der Waals surface area contributed by atoms with Gasteiger partial charge in [0.2, 0.25) is 12.7 Å². The van der Waals surface area contributed by atoms with E-state index in [0.29, 0.717) is 0 Å². The predicted molar refractivity (Wildman–Crippen MR) is 89.4 cm³/mol. The maximum absolute atomic E-state index is 12.1. The van der Waals surface area contributed by atoms with Crippen LogP contribution in [-0.4, -0.2) is 24.1 Å². The van der Waals surface area contributed by atoms with Crippen molar-refractivity contribution >= 4 is 17.3 Å². The lowest BCUT2D eigenvalue weighted by atomic mass is 10.1. The Morgan fingerprint density at radius 2 is 1.87 bits per heavy atom. The first kappa shape index (κ1) is 15.3. The van der Waals surface area contributed by atoms with E-state index >= 15 is 0 Å². The van der Waals surface area contributed by atoms with Crippen LogP contribution < -0.4 is 14.8 Å². The van der Waals surface area contributed by atoms with E-state index in [1.807, 2.05) is 12.1 Å². The van der Waals surface area contributed by atoms with Gasteiger partial charge in [-0.15, -0.1) is 0 Å². The largest absolute Gasteiger partial charge is 0.503 e. The highest BCUT2D eigenvalue weighted by Gasteiger charge is 2.12. The summed E-state index contributed by atoms with van der Waals surface area (Å²) >= 11 is 0. The number of anilines is 2. The van der Waals surface area contributed by atoms with Crippen LogP contribution in [0.3, 0.4) is 0 Å². The molecule has 0 atom stereocenters. The molecule has 1 saturated heterocycles. The van der Waals surface area contributed by atoms with Crippen LogP contribution in [0.4, 0.5) is 11.4 Å². The minimum atomic E-state index is -0.119. The lowest BCUT2D eigenvalue weighted by Gasteiger charge is -2.28. The Kier molecular flexibility index (Phi) is 4.76. The van der Waals surface area contributed by atoms with Gasteiger partial charge in [-0.3, -0.25) is 4.79 Å². The van der Waals surface area contributed by atoms with E-state index in [4.69, 9.17) is 0 Å². The van der Waals surface area contributed by atoms with Gasteiger partial charge in [0.25, 0.3) is 5.91 Å². The monoisotopic (exact) mass is 312 g/mol. The molecule has 0 radical (unpaired) electrons. The van der Waals surface area contributed by atoms with E-state index in [0.717, 1.165) is 18.8 Å². The summed E-state index contributed by atoms with van der Waals surface area (Å²) in [5, 5.41) is 12.3. The van der Waals surface area contributed by atoms with Gasteiger partial charge in [0.05, 0.1) is 0 Å². The van der Waals surface area contributed by atoms with E-state index in [1.54, 1.807) is 22.9 Å². The van der Waals surface area contributed by atoms with Gasteiger partial charge in [0, 0.05) is 30.5 Å². The molecule has 3 rings (SSSR count). The lowest BCUT2D eigenvalue weighted by molar-refractivity contribution is -0.684. The number of nitrogens with one attached hydrogen (secondary N) is 1. The minimum Gasteiger partial charge on any atom is -0.503 e. The maximum atomic E-state index is 12.1. The fraction of sp³-hybridized carbons (Fsp3) is 0.333. The summed E-state index contributed by atoms with van der Waals surface area (Å²) < 4.78 is 1.65. The summed E-state index contributed by atoms with van der Waals surface area (Å²) in [5.41, 5.74) is 2.00. The first-order chi connectivity index (χ1) is 11.2. The molecule has 1 aromatic heterocycles. The third-order valence-electron chi connectivity index (χ3n) is 4.04. The quantitative estimate of drug-likeness (QED) is 0.852. The fourth-order valence-electron chi connectivity index (χ4n) is 2.88. The standard InChI is InChI=1S/C18H21N3O2/c22-17-5-4-10-20(13-17)14-18(23)19-15-6-8-16(9-7-15)21-11-2-1-3-12-21/h4-10,13H,1-3,11-12,14H2,(H-,19,22,23)/p+1. The van der Waals surface area contributed by atoms with Crippen LogP contribution in [0, 0.1) is 0 Å². The second kappa shape index (κ2) is 7.13. The molecule has 1 aliphatic rings. The molecule has 0 spiro atoms. The van der Waals surface area contributed by atoms with Gasteiger partial charge in [0.15, 0.2) is 11.9 Å². The van der Waals surface area contributed by atoms with Gasteiger partial charge in [0.1, 0.15) is 0 Å². The highest BCUT2D eigenvalue weighted by molar-refractivity contribution is 5.89. The number of aromatic hydroxyl groups is 1. The van der Waals surface area contributed by atoms with E-state index < -0.39 is 0 Å². The highest BCUT2D eigenvalue weighted by atomic mass is 16.3. The van der Waals surface area contributed by atoms with Gasteiger partial charge in [-0.05, 0) is 49.6 Å². The maximum Gasteiger partial charge on any atom is 0.290 e. The van der Waals surface area contributed by atoms with E-state index in [2.05, 4.69) is 22.3 Å². The fourth-order valence-corrected chi connectivity index (χ4v) is 2.88. The Hall–Kier alpha value is -2.56. The second-order valence-electron chi connectivity index (χ2n) is 5.88. The molecule has 0 aliphatic carbocycles. The number of hydrogen-bond acceptors (Lipinski definition) is 3. The molecule has 0 unspecified atom stereocenters. The van der Waals surface area contributed by atoms with Gasteiger partial charge < -0.3 is 15.3 Å². The summed E-state index contributed by atoms with van der Waals surface area (Å²) in [6, 6.07) is 11.3. The molecule has 2 N–H and O–H groups in total. The van der Waals surface area contributed by atoms with Crippen molar-refractivity contribution in [2.75, 3.05) is 23.3 Å². The van der Waals surface area contributed by atoms with E-state index in [1.165, 1.54) is 31.1 Å². The van der Waals surface area contributed by atoms with Crippen LogP contribution in [0.5, 0.6) is 5.75 Å². The normalized spacial score (nSPS) is 14.5. The SMILES string of the molecule is O=C(C[n+]1cccc(O)c1)Nc1ccc(N2CCCCC2)cc1. The van der Waals surface area contributed by atoms with E-state index in [-0.39, 0.29) is 18.2 Å². The van der Waals surface area contributed by atoms with Crippen LogP contribution in [0.1, 0.15) is 19.3 Å². The number of carbonyl (C=O) groups excluding carboxylic acids is 1. The number of benzene rings is 1. The highest BCUT2D eigenvalue weighted by Crippen LogP contribution is 2.21. The Balaban J connectivity index is 1.58. The molecule has 2 aromatic rings. The summed E-state index contributed by atoms with van der Waals surface area (Å²) in [6.07, 6.45) is 7.09. The molecule has 1 amide bonds. The number of piperidine rings is 1. The van der Waals surface area contributed by atoms with Crippen LogP contribution in [0.2, 0.25) is 0 Å². The molecule has 23 heavy (non-hydrogen) atoms. The van der Waals surface area contributed by atoms with Crippen LogP contribution in [0.15, 0.2) is 48.8 Å². The van der Waals surface area contributed by atoms with Crippen molar-refractivity contribution in [1.29, 1.82) is 0 Å². The third-order valence-corrected chi connectivity index (χ3v) is 4.04. The summed E-state index contributed by atoms with van der Waals surface area (Å²) in [6.45, 7) is 2.39. The number of hydrogen-bond donors (Lipinski definition) is 2. The van der Waals surface area contributed by atoms with Gasteiger partial charge in [-0.2, -0.15) is 4.57 Å². The Morgan fingerprint density at radius 1 is 1.13 bits per heavy atom. The van der Waals surface area contributed by atoms with Crippen LogP contribution >= 0.6 is 0 Å². The molecule has 1 fully saturated rings. The molecular formula is C18H22N3O2+. The molecule has 1 aliphatic heterocycles. The zero-order valence-corrected chi connectivity index (χ0v) is 13.1. The second-order valence-corrected chi connectivity index (χ2v) is 5.88. The molecule has 1 aromatic carbocycles. The Labute approximate surface area is 136 Å². The van der Waals surface area contributed by atoms with Crippen molar-refractivity contribution in [2.24, 2.45) is 0 Å². The minimum absolute atomic E-state index is 0.119. The van der Waals surface area contributed by atoms with Gasteiger partial charge >= 0.3 is 0 Å². The smallest absolute Gasteiger partial charge is 0.290 e. The molecule has 5 heteroatoms. The molecular weight excluding hydrogens is 290 g/mol. The summed E-state index contributed by atoms with van der Waals surface area (Å²) in [4.78, 5) is 14.4. The number of nitrogens with zero attached hydrogens (tertiary/aromatic N) is 2. The summed E-state index contributed by atoms with van der Waals surface area (Å²) in [5.74, 6) is 0.0255. The first-order valence-corrected chi connectivity index (χ1v) is 8.04. The lowest BCUT2D eigenvalue weighted by Crippen LogP contribution is -2.39. The molecule has 0 saturated carbocycles. The summed E-state index contributed by atoms with van der Waals surface area (Å²) in [7, 11) is 0. The average Bonchev–Trinajstić information content (AvgIpc) is 2.56. The third kappa shape index (κ3) is 4.22. The zero-order valence-electron chi connectivity index (χ0n) is 13.1.